The molecule has 252 valence electrons. The van der Waals surface area contributed by atoms with Gasteiger partial charge >= 0.3 is 0 Å². The lowest BCUT2D eigenvalue weighted by molar-refractivity contribution is 1.11. The molecular formula is C50H32N4. The highest BCUT2D eigenvalue weighted by molar-refractivity contribution is 6.22. The van der Waals surface area contributed by atoms with Gasteiger partial charge in [0.25, 0.3) is 0 Å². The highest BCUT2D eigenvalue weighted by atomic mass is 15.1. The van der Waals surface area contributed by atoms with Crippen LogP contribution in [-0.4, -0.2) is 19.1 Å². The summed E-state index contributed by atoms with van der Waals surface area (Å²) >= 11 is 0. The standard InChI is InChI=1S/C50H32N4/c1-5-16-34(17-6-1)48-47-42-32-37(27-29-44(42)54(39-22-11-4-12-23-39)50(47)52-49(51-48)35-18-7-2-8-19-35)36-26-28-43-41(31-36)46-40-24-14-13-15-33(40)25-30-45(46)53(43)38-20-9-3-10-21-38/h1-32H. The summed E-state index contributed by atoms with van der Waals surface area (Å²) in [6.45, 7) is 0. The summed E-state index contributed by atoms with van der Waals surface area (Å²) in [6.07, 6.45) is 0. The van der Waals surface area contributed by atoms with Crippen LogP contribution in [0.2, 0.25) is 0 Å². The summed E-state index contributed by atoms with van der Waals surface area (Å²) in [7, 11) is 0. The van der Waals surface area contributed by atoms with Crippen LogP contribution in [0.1, 0.15) is 0 Å². The fraction of sp³-hybridized carbons (Fsp3) is 0. The maximum Gasteiger partial charge on any atom is 0.162 e. The van der Waals surface area contributed by atoms with Gasteiger partial charge in [-0.25, -0.2) is 9.97 Å². The van der Waals surface area contributed by atoms with Crippen molar-refractivity contribution >= 4 is 54.5 Å². The smallest absolute Gasteiger partial charge is 0.162 e. The topological polar surface area (TPSA) is 35.6 Å². The lowest BCUT2D eigenvalue weighted by atomic mass is 9.98. The minimum atomic E-state index is 0.703. The number of aromatic nitrogens is 4. The van der Waals surface area contributed by atoms with E-state index in [1.165, 1.54) is 32.6 Å². The van der Waals surface area contributed by atoms with Crippen molar-refractivity contribution in [3.8, 4) is 45.1 Å². The SMILES string of the molecule is c1ccc(-c2nc(-c3ccccc3)c3c4cc(-c5ccc6c(c5)c5c7ccccc7ccc5n6-c5ccccc5)ccc4n(-c4ccccc4)c3n2)cc1. The predicted molar refractivity (Wildman–Crippen MR) is 225 cm³/mol. The Hall–Kier alpha value is -7.30. The van der Waals surface area contributed by atoms with E-state index in [1.54, 1.807) is 0 Å². The second-order valence-corrected chi connectivity index (χ2v) is 13.8. The van der Waals surface area contributed by atoms with Gasteiger partial charge in [0.05, 0.1) is 27.6 Å². The molecule has 0 saturated heterocycles. The molecule has 0 unspecified atom stereocenters. The van der Waals surface area contributed by atoms with E-state index in [4.69, 9.17) is 9.97 Å². The van der Waals surface area contributed by atoms with Gasteiger partial charge in [-0.3, -0.25) is 4.57 Å². The van der Waals surface area contributed by atoms with Crippen molar-refractivity contribution in [3.63, 3.8) is 0 Å². The van der Waals surface area contributed by atoms with Crippen LogP contribution in [0.5, 0.6) is 0 Å². The lowest BCUT2D eigenvalue weighted by Gasteiger charge is -2.10. The van der Waals surface area contributed by atoms with Crippen LogP contribution in [0.3, 0.4) is 0 Å². The maximum atomic E-state index is 5.33. The Morgan fingerprint density at radius 3 is 1.52 bits per heavy atom. The number of benzene rings is 8. The molecule has 3 aromatic heterocycles. The Morgan fingerprint density at radius 2 is 0.852 bits per heavy atom. The van der Waals surface area contributed by atoms with E-state index >= 15 is 0 Å². The second-order valence-electron chi connectivity index (χ2n) is 13.8. The number of rotatable bonds is 5. The maximum absolute atomic E-state index is 5.33. The first-order valence-corrected chi connectivity index (χ1v) is 18.3. The highest BCUT2D eigenvalue weighted by Crippen LogP contribution is 2.42. The molecule has 3 heterocycles. The van der Waals surface area contributed by atoms with E-state index < -0.39 is 0 Å². The van der Waals surface area contributed by atoms with E-state index in [-0.39, 0.29) is 0 Å². The fourth-order valence-corrected chi connectivity index (χ4v) is 8.27. The van der Waals surface area contributed by atoms with Crippen LogP contribution in [0.4, 0.5) is 0 Å². The molecule has 0 N–H and O–H groups in total. The van der Waals surface area contributed by atoms with Gasteiger partial charge < -0.3 is 4.57 Å². The van der Waals surface area contributed by atoms with Crippen molar-refractivity contribution in [2.75, 3.05) is 0 Å². The average Bonchev–Trinajstić information content (AvgIpc) is 3.77. The second kappa shape index (κ2) is 12.1. The zero-order valence-electron chi connectivity index (χ0n) is 29.3. The molecule has 0 fully saturated rings. The van der Waals surface area contributed by atoms with Crippen LogP contribution in [-0.2, 0) is 0 Å². The molecular weight excluding hydrogens is 657 g/mol. The first-order chi connectivity index (χ1) is 26.8. The van der Waals surface area contributed by atoms with Gasteiger partial charge in [0.15, 0.2) is 5.82 Å². The van der Waals surface area contributed by atoms with Gasteiger partial charge in [-0.1, -0.05) is 140 Å². The van der Waals surface area contributed by atoms with Crippen molar-refractivity contribution in [2.45, 2.75) is 0 Å². The van der Waals surface area contributed by atoms with Crippen molar-refractivity contribution in [1.29, 1.82) is 0 Å². The average molecular weight is 689 g/mol. The van der Waals surface area contributed by atoms with Crippen molar-refractivity contribution in [2.24, 2.45) is 0 Å². The van der Waals surface area contributed by atoms with Gasteiger partial charge in [0.1, 0.15) is 5.65 Å². The molecule has 54 heavy (non-hydrogen) atoms. The summed E-state index contributed by atoms with van der Waals surface area (Å²) in [4.78, 5) is 10.6. The number of para-hydroxylation sites is 2. The van der Waals surface area contributed by atoms with Gasteiger partial charge in [-0.2, -0.15) is 0 Å². The first-order valence-electron chi connectivity index (χ1n) is 18.3. The minimum Gasteiger partial charge on any atom is -0.309 e. The van der Waals surface area contributed by atoms with Gasteiger partial charge in [0, 0.05) is 38.7 Å². The molecule has 11 rings (SSSR count). The molecule has 0 spiro atoms. The predicted octanol–water partition coefficient (Wildman–Crippen LogP) is 12.8. The Morgan fingerprint density at radius 1 is 0.333 bits per heavy atom. The monoisotopic (exact) mass is 688 g/mol. The fourth-order valence-electron chi connectivity index (χ4n) is 8.27. The van der Waals surface area contributed by atoms with Crippen LogP contribution in [0.25, 0.3) is 99.7 Å². The third kappa shape index (κ3) is 4.70. The third-order valence-corrected chi connectivity index (χ3v) is 10.7. The summed E-state index contributed by atoms with van der Waals surface area (Å²) in [6, 6.07) is 69.0. The largest absolute Gasteiger partial charge is 0.309 e. The number of nitrogens with zero attached hydrogens (tertiary/aromatic N) is 4. The molecule has 0 radical (unpaired) electrons. The molecule has 0 aliphatic carbocycles. The van der Waals surface area contributed by atoms with Crippen molar-refractivity contribution in [3.05, 3.63) is 194 Å². The summed E-state index contributed by atoms with van der Waals surface area (Å²) in [5, 5.41) is 7.14. The molecule has 0 amide bonds. The molecule has 0 aliphatic heterocycles. The van der Waals surface area contributed by atoms with Crippen LogP contribution < -0.4 is 0 Å². The van der Waals surface area contributed by atoms with E-state index in [0.717, 1.165) is 61.3 Å². The Balaban J connectivity index is 1.21. The van der Waals surface area contributed by atoms with E-state index in [9.17, 15) is 0 Å². The molecule has 0 aliphatic rings. The van der Waals surface area contributed by atoms with Gasteiger partial charge in [0.2, 0.25) is 0 Å². The molecule has 0 atom stereocenters. The van der Waals surface area contributed by atoms with Crippen molar-refractivity contribution < 1.29 is 0 Å². The molecule has 8 aromatic carbocycles. The first kappa shape index (κ1) is 30.3. The molecule has 11 aromatic rings. The number of hydrogen-bond donors (Lipinski definition) is 0. The van der Waals surface area contributed by atoms with E-state index in [2.05, 4.69) is 185 Å². The van der Waals surface area contributed by atoms with Crippen molar-refractivity contribution in [1.82, 2.24) is 19.1 Å². The quantitative estimate of drug-likeness (QED) is 0.180. The summed E-state index contributed by atoms with van der Waals surface area (Å²) in [5.41, 5.74) is 11.8. The molecule has 0 bridgehead atoms. The van der Waals surface area contributed by atoms with E-state index in [1.807, 2.05) is 18.2 Å². The minimum absolute atomic E-state index is 0.703. The highest BCUT2D eigenvalue weighted by Gasteiger charge is 2.22. The van der Waals surface area contributed by atoms with Crippen LogP contribution in [0, 0.1) is 0 Å². The number of hydrogen-bond acceptors (Lipinski definition) is 2. The zero-order valence-corrected chi connectivity index (χ0v) is 29.3. The summed E-state index contributed by atoms with van der Waals surface area (Å²) in [5.74, 6) is 0.703. The Bertz CT molecular complexity index is 3180. The number of fused-ring (bicyclic) bond motifs is 8. The molecule has 4 heteroatoms. The zero-order chi connectivity index (χ0) is 35.6. The van der Waals surface area contributed by atoms with Gasteiger partial charge in [-0.15, -0.1) is 0 Å². The normalized spacial score (nSPS) is 11.7. The van der Waals surface area contributed by atoms with Crippen LogP contribution >= 0.6 is 0 Å². The van der Waals surface area contributed by atoms with Crippen LogP contribution in [0.15, 0.2) is 194 Å². The van der Waals surface area contributed by atoms with Gasteiger partial charge in [-0.05, 0) is 76.5 Å². The summed E-state index contributed by atoms with van der Waals surface area (Å²) < 4.78 is 4.68. The molecule has 0 saturated carbocycles. The molecule has 4 nitrogen and oxygen atoms in total. The van der Waals surface area contributed by atoms with E-state index in [0.29, 0.717) is 5.82 Å². The lowest BCUT2D eigenvalue weighted by Crippen LogP contribution is -1.99. The third-order valence-electron chi connectivity index (χ3n) is 10.7. The Labute approximate surface area is 311 Å². The Kier molecular flexibility index (Phi) is 6.82.